The van der Waals surface area contributed by atoms with Crippen molar-refractivity contribution in [3.05, 3.63) is 59.7 Å². The molecule has 2 aromatic rings. The summed E-state index contributed by atoms with van der Waals surface area (Å²) in [6, 6.07) is 5.88. The quantitative estimate of drug-likeness (QED) is 0.589. The number of nitrogens with zero attached hydrogens (tertiary/aromatic N) is 6. The molecule has 0 saturated heterocycles. The van der Waals surface area contributed by atoms with E-state index >= 15 is 0 Å². The van der Waals surface area contributed by atoms with Gasteiger partial charge in [0.1, 0.15) is 5.82 Å². The fourth-order valence-electron chi connectivity index (χ4n) is 2.96. The van der Waals surface area contributed by atoms with E-state index in [1.54, 1.807) is 12.4 Å². The van der Waals surface area contributed by atoms with Crippen LogP contribution in [0.5, 0.6) is 0 Å². The van der Waals surface area contributed by atoms with E-state index in [9.17, 15) is 0 Å². The number of aliphatic imine (C=N–C) groups is 2. The van der Waals surface area contributed by atoms with Gasteiger partial charge in [0, 0.05) is 48.3 Å². The molecule has 0 saturated carbocycles. The lowest BCUT2D eigenvalue weighted by molar-refractivity contribution is 0.665. The molecule has 2 rings (SSSR count). The molecule has 0 amide bonds. The molecule has 0 spiro atoms. The van der Waals surface area contributed by atoms with Crippen LogP contribution < -0.4 is 0 Å². The molecule has 2 atom stereocenters. The standard InChI is InChI=1S/C22H30N6/c1-15(2)21(14-23-6)26-18(5)12-16(3)19-9-11-24-22(27-19)13-17(4)20-8-7-10-25-28-20/h7-11,14-17H,6,12-13H2,1-5H3/b21-14-,26-18+. The van der Waals surface area contributed by atoms with Crippen molar-refractivity contribution in [1.29, 1.82) is 0 Å². The molecule has 2 heterocycles. The number of aromatic nitrogens is 4. The fraction of sp³-hybridized carbons (Fsp3) is 0.455. The van der Waals surface area contributed by atoms with Crippen LogP contribution >= 0.6 is 0 Å². The first-order chi connectivity index (χ1) is 13.4. The molecule has 0 fully saturated rings. The molecule has 0 aliphatic heterocycles. The molecule has 6 nitrogen and oxygen atoms in total. The third kappa shape index (κ3) is 6.44. The first-order valence-electron chi connectivity index (χ1n) is 9.70. The van der Waals surface area contributed by atoms with E-state index < -0.39 is 0 Å². The average molecular weight is 379 g/mol. The predicted molar refractivity (Wildman–Crippen MR) is 115 cm³/mol. The van der Waals surface area contributed by atoms with Crippen LogP contribution in [0.4, 0.5) is 0 Å². The van der Waals surface area contributed by atoms with E-state index in [0.29, 0.717) is 5.92 Å². The van der Waals surface area contributed by atoms with E-state index in [4.69, 9.17) is 9.98 Å². The zero-order valence-electron chi connectivity index (χ0n) is 17.5. The van der Waals surface area contributed by atoms with Crippen LogP contribution in [0.15, 0.2) is 52.5 Å². The third-order valence-electron chi connectivity index (χ3n) is 4.56. The van der Waals surface area contributed by atoms with Crippen molar-refractivity contribution < 1.29 is 0 Å². The van der Waals surface area contributed by atoms with Gasteiger partial charge in [-0.1, -0.05) is 27.7 Å². The number of hydrogen-bond acceptors (Lipinski definition) is 6. The van der Waals surface area contributed by atoms with Crippen molar-refractivity contribution in [3.63, 3.8) is 0 Å². The lowest BCUT2D eigenvalue weighted by atomic mass is 9.99. The van der Waals surface area contributed by atoms with E-state index in [2.05, 4.69) is 54.6 Å². The minimum absolute atomic E-state index is 0.215. The minimum Gasteiger partial charge on any atom is -0.271 e. The van der Waals surface area contributed by atoms with Crippen LogP contribution in [0.3, 0.4) is 0 Å². The van der Waals surface area contributed by atoms with Crippen molar-refractivity contribution >= 4 is 12.4 Å². The first kappa shape index (κ1) is 21.5. The molecule has 0 aromatic carbocycles. The maximum atomic E-state index is 4.78. The molecule has 0 aliphatic carbocycles. The van der Waals surface area contributed by atoms with Gasteiger partial charge in [-0.2, -0.15) is 10.2 Å². The lowest BCUT2D eigenvalue weighted by Crippen LogP contribution is -2.09. The highest BCUT2D eigenvalue weighted by molar-refractivity contribution is 5.83. The first-order valence-corrected chi connectivity index (χ1v) is 9.70. The largest absolute Gasteiger partial charge is 0.271 e. The van der Waals surface area contributed by atoms with Gasteiger partial charge >= 0.3 is 0 Å². The Bertz CT molecular complexity index is 826. The highest BCUT2D eigenvalue weighted by Gasteiger charge is 2.14. The SMILES string of the molecule is C=N/C=C(\N=C(/C)CC(C)c1ccnc(CC(C)c2cccnn2)n1)C(C)C. The fourth-order valence-corrected chi connectivity index (χ4v) is 2.96. The lowest BCUT2D eigenvalue weighted by Gasteiger charge is -2.14. The van der Waals surface area contributed by atoms with Gasteiger partial charge in [0.2, 0.25) is 0 Å². The maximum Gasteiger partial charge on any atom is 0.129 e. The summed E-state index contributed by atoms with van der Waals surface area (Å²) in [4.78, 5) is 17.8. The topological polar surface area (TPSA) is 76.3 Å². The van der Waals surface area contributed by atoms with E-state index in [1.165, 1.54) is 0 Å². The second kappa shape index (κ2) is 10.5. The van der Waals surface area contributed by atoms with Crippen LogP contribution in [0.2, 0.25) is 0 Å². The Kier molecular flexibility index (Phi) is 8.11. The summed E-state index contributed by atoms with van der Waals surface area (Å²) in [7, 11) is 0. The number of rotatable bonds is 9. The van der Waals surface area contributed by atoms with Crippen LogP contribution in [-0.4, -0.2) is 32.6 Å². The van der Waals surface area contributed by atoms with Crippen molar-refractivity contribution in [1.82, 2.24) is 20.2 Å². The second-order valence-electron chi connectivity index (χ2n) is 7.49. The van der Waals surface area contributed by atoms with E-state index in [1.807, 2.05) is 31.3 Å². The molecule has 148 valence electrons. The number of allylic oxidation sites excluding steroid dienone is 1. The summed E-state index contributed by atoms with van der Waals surface area (Å²) in [5.74, 6) is 1.61. The van der Waals surface area contributed by atoms with Gasteiger partial charge in [0.15, 0.2) is 0 Å². The molecular weight excluding hydrogens is 348 g/mol. The van der Waals surface area contributed by atoms with Crippen LogP contribution in [0.1, 0.15) is 70.1 Å². The Morgan fingerprint density at radius 1 is 1.11 bits per heavy atom. The zero-order valence-corrected chi connectivity index (χ0v) is 17.5. The molecule has 2 aromatic heterocycles. The molecule has 28 heavy (non-hydrogen) atoms. The van der Waals surface area contributed by atoms with Gasteiger partial charge in [0.05, 0.1) is 11.4 Å². The van der Waals surface area contributed by atoms with Crippen molar-refractivity contribution in [2.75, 3.05) is 0 Å². The molecule has 0 N–H and O–H groups in total. The molecule has 6 heteroatoms. The molecular formula is C22H30N6. The summed E-state index contributed by atoms with van der Waals surface area (Å²) >= 11 is 0. The average Bonchev–Trinajstić information content (AvgIpc) is 2.68. The molecule has 2 unspecified atom stereocenters. The Balaban J connectivity index is 2.08. The summed E-state index contributed by atoms with van der Waals surface area (Å²) in [6.07, 6.45) is 6.82. The van der Waals surface area contributed by atoms with Gasteiger partial charge in [-0.05, 0) is 44.2 Å². The van der Waals surface area contributed by atoms with Gasteiger partial charge < -0.3 is 0 Å². The minimum atomic E-state index is 0.215. The normalized spacial score (nSPS) is 14.8. The van der Waals surface area contributed by atoms with Crippen LogP contribution in [0, 0.1) is 5.92 Å². The Morgan fingerprint density at radius 3 is 2.54 bits per heavy atom. The van der Waals surface area contributed by atoms with Crippen molar-refractivity contribution in [2.24, 2.45) is 15.9 Å². The highest BCUT2D eigenvalue weighted by atomic mass is 15.1. The van der Waals surface area contributed by atoms with Crippen LogP contribution in [-0.2, 0) is 6.42 Å². The third-order valence-corrected chi connectivity index (χ3v) is 4.56. The summed E-state index contributed by atoms with van der Waals surface area (Å²) in [5.41, 5.74) is 3.99. The summed E-state index contributed by atoms with van der Waals surface area (Å²) in [5, 5.41) is 8.15. The summed E-state index contributed by atoms with van der Waals surface area (Å²) < 4.78 is 0. The van der Waals surface area contributed by atoms with E-state index in [0.717, 1.165) is 41.5 Å². The maximum absolute atomic E-state index is 4.78. The van der Waals surface area contributed by atoms with Crippen LogP contribution in [0.25, 0.3) is 0 Å². The van der Waals surface area contributed by atoms with Crippen molar-refractivity contribution in [2.45, 2.75) is 59.3 Å². The molecule has 0 bridgehead atoms. The second-order valence-corrected chi connectivity index (χ2v) is 7.49. The number of hydrogen-bond donors (Lipinski definition) is 0. The van der Waals surface area contributed by atoms with E-state index in [-0.39, 0.29) is 11.8 Å². The Morgan fingerprint density at radius 2 is 1.89 bits per heavy atom. The molecule has 0 radical (unpaired) electrons. The monoisotopic (exact) mass is 378 g/mol. The van der Waals surface area contributed by atoms with Gasteiger partial charge in [-0.15, -0.1) is 0 Å². The summed E-state index contributed by atoms with van der Waals surface area (Å²) in [6.45, 7) is 14.1. The van der Waals surface area contributed by atoms with Gasteiger partial charge in [-0.3, -0.25) is 9.98 Å². The highest BCUT2D eigenvalue weighted by Crippen LogP contribution is 2.21. The molecule has 0 aliphatic rings. The smallest absolute Gasteiger partial charge is 0.129 e. The Hall–Kier alpha value is -2.76. The predicted octanol–water partition coefficient (Wildman–Crippen LogP) is 4.77. The zero-order chi connectivity index (χ0) is 20.5. The van der Waals surface area contributed by atoms with Gasteiger partial charge in [0.25, 0.3) is 0 Å². The van der Waals surface area contributed by atoms with Gasteiger partial charge in [-0.25, -0.2) is 9.97 Å². The Labute approximate surface area is 168 Å². The van der Waals surface area contributed by atoms with Crippen molar-refractivity contribution in [3.8, 4) is 0 Å².